The molecule has 21 heavy (non-hydrogen) atoms. The highest BCUT2D eigenvalue weighted by atomic mass is 32.2. The third-order valence-corrected chi connectivity index (χ3v) is 6.92. The first-order valence-corrected chi connectivity index (χ1v) is 9.26. The molecule has 0 bridgehead atoms. The fourth-order valence-electron chi connectivity index (χ4n) is 2.62. The van der Waals surface area contributed by atoms with Crippen LogP contribution in [0, 0.1) is 20.8 Å². The Balaban J connectivity index is 1.87. The van der Waals surface area contributed by atoms with E-state index in [1.165, 1.54) is 22.3 Å². The largest absolute Gasteiger partial charge is 0.508 e. The molecular weight excluding hydrogens is 296 g/mol. The Kier molecular flexibility index (Phi) is 4.23. The van der Waals surface area contributed by atoms with Gasteiger partial charge in [0.25, 0.3) is 0 Å². The zero-order valence-corrected chi connectivity index (χ0v) is 14.3. The van der Waals surface area contributed by atoms with E-state index in [-0.39, 0.29) is 0 Å². The third kappa shape index (κ3) is 3.09. The summed E-state index contributed by atoms with van der Waals surface area (Å²) in [6.45, 7) is 6.38. The minimum Gasteiger partial charge on any atom is -0.508 e. The second-order valence-corrected chi connectivity index (χ2v) is 8.21. The third-order valence-electron chi connectivity index (χ3n) is 4.04. The van der Waals surface area contributed by atoms with Crippen molar-refractivity contribution in [2.75, 3.05) is 0 Å². The topological polar surface area (TPSA) is 20.2 Å². The molecule has 1 aliphatic heterocycles. The van der Waals surface area contributed by atoms with Crippen LogP contribution in [0.4, 0.5) is 0 Å². The predicted octanol–water partition coefficient (Wildman–Crippen LogP) is 5.50. The number of hydrogen-bond acceptors (Lipinski definition) is 3. The summed E-state index contributed by atoms with van der Waals surface area (Å²) in [4.78, 5) is 0. The van der Waals surface area contributed by atoms with Gasteiger partial charge in [-0.15, -0.1) is 23.5 Å². The summed E-state index contributed by atoms with van der Waals surface area (Å²) in [5, 5.41) is 10.2. The second-order valence-electron chi connectivity index (χ2n) is 5.72. The molecule has 110 valence electrons. The van der Waals surface area contributed by atoms with E-state index >= 15 is 0 Å². The smallest absolute Gasteiger partial charge is 0.121 e. The summed E-state index contributed by atoms with van der Waals surface area (Å²) in [5.41, 5.74) is 7.80. The Labute approximate surface area is 135 Å². The first-order valence-electron chi connectivity index (χ1n) is 7.16. The van der Waals surface area contributed by atoms with Crippen molar-refractivity contribution in [2.24, 2.45) is 0 Å². The molecule has 0 spiro atoms. The number of aromatic hydroxyl groups is 1. The maximum atomic E-state index is 10.2. The molecule has 3 heteroatoms. The zero-order valence-electron chi connectivity index (χ0n) is 12.6. The number of rotatable bonds is 1. The Morgan fingerprint density at radius 3 is 2.00 bits per heavy atom. The van der Waals surface area contributed by atoms with Crippen LogP contribution in [0.15, 0.2) is 30.3 Å². The molecule has 0 amide bonds. The first kappa shape index (κ1) is 14.9. The SMILES string of the molecule is Cc1ccc(C2SCc3cc(C)c(C)cc3CS2)c(O)c1. The predicted molar refractivity (Wildman–Crippen MR) is 94.1 cm³/mol. The Bertz CT molecular complexity index is 646. The van der Waals surface area contributed by atoms with E-state index in [1.807, 2.05) is 36.5 Å². The molecule has 0 atom stereocenters. The van der Waals surface area contributed by atoms with E-state index in [9.17, 15) is 5.11 Å². The van der Waals surface area contributed by atoms with Crippen LogP contribution < -0.4 is 0 Å². The van der Waals surface area contributed by atoms with E-state index in [0.29, 0.717) is 10.3 Å². The summed E-state index contributed by atoms with van der Waals surface area (Å²) in [6.07, 6.45) is 0. The number of fused-ring (bicyclic) bond motifs is 1. The van der Waals surface area contributed by atoms with E-state index in [1.54, 1.807) is 0 Å². The monoisotopic (exact) mass is 316 g/mol. The lowest BCUT2D eigenvalue weighted by Gasteiger charge is -2.15. The molecule has 0 saturated carbocycles. The number of aryl methyl sites for hydroxylation is 3. The molecule has 3 rings (SSSR count). The molecular formula is C18H20OS2. The van der Waals surface area contributed by atoms with Crippen LogP contribution >= 0.6 is 23.5 Å². The molecule has 1 N–H and O–H groups in total. The van der Waals surface area contributed by atoms with Crippen LogP contribution in [0.5, 0.6) is 5.75 Å². The van der Waals surface area contributed by atoms with Gasteiger partial charge in [-0.25, -0.2) is 0 Å². The van der Waals surface area contributed by atoms with Gasteiger partial charge in [0.15, 0.2) is 0 Å². The lowest BCUT2D eigenvalue weighted by molar-refractivity contribution is 0.470. The number of phenolic OH excluding ortho intramolecular Hbond substituents is 1. The van der Waals surface area contributed by atoms with Crippen LogP contribution in [0.1, 0.15) is 38.0 Å². The fraction of sp³-hybridized carbons (Fsp3) is 0.333. The molecule has 0 radical (unpaired) electrons. The zero-order chi connectivity index (χ0) is 15.0. The van der Waals surface area contributed by atoms with Gasteiger partial charge in [0.2, 0.25) is 0 Å². The van der Waals surface area contributed by atoms with Crippen molar-refractivity contribution in [3.8, 4) is 5.75 Å². The fourth-order valence-corrected chi connectivity index (χ4v) is 5.37. The van der Waals surface area contributed by atoms with E-state index in [2.05, 4.69) is 38.1 Å². The van der Waals surface area contributed by atoms with Gasteiger partial charge in [-0.2, -0.15) is 0 Å². The van der Waals surface area contributed by atoms with Gasteiger partial charge in [-0.05, 0) is 54.7 Å². The minimum atomic E-state index is 0.304. The van der Waals surface area contributed by atoms with Gasteiger partial charge in [-0.3, -0.25) is 0 Å². The van der Waals surface area contributed by atoms with Crippen LogP contribution in [0.25, 0.3) is 0 Å². The molecule has 1 heterocycles. The van der Waals surface area contributed by atoms with E-state index in [4.69, 9.17) is 0 Å². The van der Waals surface area contributed by atoms with Crippen LogP contribution in [0.3, 0.4) is 0 Å². The van der Waals surface area contributed by atoms with Crippen LogP contribution in [0.2, 0.25) is 0 Å². The maximum absolute atomic E-state index is 10.2. The van der Waals surface area contributed by atoms with Crippen LogP contribution in [-0.2, 0) is 11.5 Å². The van der Waals surface area contributed by atoms with Gasteiger partial charge < -0.3 is 5.11 Å². The summed E-state index contributed by atoms with van der Waals surface area (Å²) in [7, 11) is 0. The van der Waals surface area contributed by atoms with E-state index < -0.39 is 0 Å². The van der Waals surface area contributed by atoms with Gasteiger partial charge in [0.1, 0.15) is 5.75 Å². The van der Waals surface area contributed by atoms with Crippen molar-refractivity contribution in [1.82, 2.24) is 0 Å². The highest BCUT2D eigenvalue weighted by Crippen LogP contribution is 2.48. The van der Waals surface area contributed by atoms with Crippen molar-refractivity contribution < 1.29 is 5.11 Å². The summed E-state index contributed by atoms with van der Waals surface area (Å²) in [6, 6.07) is 10.7. The Morgan fingerprint density at radius 1 is 0.905 bits per heavy atom. The van der Waals surface area contributed by atoms with Crippen LogP contribution in [-0.4, -0.2) is 5.11 Å². The Hall–Kier alpha value is -1.06. The standard InChI is InChI=1S/C18H20OS2/c1-11-4-5-16(17(19)6-11)18-20-9-14-7-12(2)13(3)8-15(14)10-21-18/h4-8,18-19H,9-10H2,1-3H3. The highest BCUT2D eigenvalue weighted by molar-refractivity contribution is 8.15. The molecule has 2 aromatic rings. The van der Waals surface area contributed by atoms with Crippen molar-refractivity contribution in [3.63, 3.8) is 0 Å². The van der Waals surface area contributed by atoms with Crippen molar-refractivity contribution in [3.05, 3.63) is 63.7 Å². The summed E-state index contributed by atoms with van der Waals surface area (Å²) < 4.78 is 0.304. The molecule has 1 nitrogen and oxygen atoms in total. The van der Waals surface area contributed by atoms with Gasteiger partial charge >= 0.3 is 0 Å². The average Bonchev–Trinajstić information content (AvgIpc) is 2.62. The molecule has 0 aliphatic carbocycles. The van der Waals surface area contributed by atoms with Crippen molar-refractivity contribution >= 4 is 23.5 Å². The van der Waals surface area contributed by atoms with E-state index in [0.717, 1.165) is 22.6 Å². The number of thioether (sulfide) groups is 2. The maximum Gasteiger partial charge on any atom is 0.121 e. The number of phenols is 1. The van der Waals surface area contributed by atoms with Crippen molar-refractivity contribution in [1.29, 1.82) is 0 Å². The normalized spacial score (nSPS) is 15.6. The molecule has 0 aromatic heterocycles. The quantitative estimate of drug-likeness (QED) is 0.750. The lowest BCUT2D eigenvalue weighted by atomic mass is 10.0. The average molecular weight is 316 g/mol. The van der Waals surface area contributed by atoms with Gasteiger partial charge in [0.05, 0.1) is 4.58 Å². The molecule has 0 fully saturated rings. The van der Waals surface area contributed by atoms with Gasteiger partial charge in [-0.1, -0.05) is 24.3 Å². The summed E-state index contributed by atoms with van der Waals surface area (Å²) >= 11 is 3.83. The molecule has 2 aromatic carbocycles. The lowest BCUT2D eigenvalue weighted by Crippen LogP contribution is -1.92. The molecule has 0 unspecified atom stereocenters. The number of hydrogen-bond donors (Lipinski definition) is 1. The molecule has 1 aliphatic rings. The summed E-state index contributed by atoms with van der Waals surface area (Å²) in [5.74, 6) is 2.46. The minimum absolute atomic E-state index is 0.304. The Morgan fingerprint density at radius 2 is 1.48 bits per heavy atom. The first-order chi connectivity index (χ1) is 10.0. The number of benzene rings is 2. The molecule has 0 saturated heterocycles. The second kappa shape index (κ2) is 5.98. The van der Waals surface area contributed by atoms with Gasteiger partial charge in [0, 0.05) is 17.1 Å². The van der Waals surface area contributed by atoms with Crippen molar-refractivity contribution in [2.45, 2.75) is 36.9 Å². The highest BCUT2D eigenvalue weighted by Gasteiger charge is 2.21.